The maximum atomic E-state index is 8.89. The van der Waals surface area contributed by atoms with Crippen molar-refractivity contribution in [1.82, 2.24) is 4.98 Å². The van der Waals surface area contributed by atoms with Crippen molar-refractivity contribution in [3.8, 4) is 6.07 Å². The zero-order valence-corrected chi connectivity index (χ0v) is 9.30. The first-order chi connectivity index (χ1) is 6.72. The molecule has 14 heavy (non-hydrogen) atoms. The van der Waals surface area contributed by atoms with Gasteiger partial charge >= 0.3 is 0 Å². The van der Waals surface area contributed by atoms with Crippen molar-refractivity contribution in [2.75, 3.05) is 0 Å². The second kappa shape index (κ2) is 3.56. The van der Waals surface area contributed by atoms with E-state index in [4.69, 9.17) is 16.9 Å². The minimum atomic E-state index is 0.547. The van der Waals surface area contributed by atoms with E-state index in [1.54, 1.807) is 24.5 Å². The van der Waals surface area contributed by atoms with Crippen molar-refractivity contribution >= 4 is 38.3 Å². The summed E-state index contributed by atoms with van der Waals surface area (Å²) in [6.45, 7) is 0. The Morgan fingerprint density at radius 1 is 1.36 bits per heavy atom. The van der Waals surface area contributed by atoms with Gasteiger partial charge in [0.05, 0.1) is 5.56 Å². The second-order valence-corrected chi connectivity index (χ2v) is 4.08. The highest BCUT2D eigenvalue weighted by atomic mass is 79.9. The Labute approximate surface area is 94.3 Å². The van der Waals surface area contributed by atoms with E-state index in [-0.39, 0.29) is 0 Å². The molecule has 0 spiro atoms. The van der Waals surface area contributed by atoms with Crippen LogP contribution in [0.4, 0.5) is 0 Å². The molecule has 0 bridgehead atoms. The van der Waals surface area contributed by atoms with E-state index in [0.29, 0.717) is 10.6 Å². The summed E-state index contributed by atoms with van der Waals surface area (Å²) in [4.78, 5) is 3.96. The molecule has 0 saturated heterocycles. The van der Waals surface area contributed by atoms with Crippen LogP contribution in [0.2, 0.25) is 5.02 Å². The standard InChI is InChI=1S/C10H4BrClN2/c11-9-2-8(12)1-6-4-14-5-7(3-13)10(6)9/h1-2,4-5H. The van der Waals surface area contributed by atoms with Gasteiger partial charge in [-0.1, -0.05) is 27.5 Å². The molecule has 2 aromatic rings. The highest BCUT2D eigenvalue weighted by Gasteiger charge is 2.06. The molecule has 0 N–H and O–H groups in total. The van der Waals surface area contributed by atoms with Crippen LogP contribution in [0.25, 0.3) is 10.8 Å². The molecular formula is C10H4BrClN2. The summed E-state index contributed by atoms with van der Waals surface area (Å²) >= 11 is 9.25. The van der Waals surface area contributed by atoms with E-state index in [0.717, 1.165) is 15.2 Å². The predicted molar refractivity (Wildman–Crippen MR) is 59.2 cm³/mol. The number of hydrogen-bond acceptors (Lipinski definition) is 2. The Balaban J connectivity index is 2.96. The van der Waals surface area contributed by atoms with Gasteiger partial charge in [-0.2, -0.15) is 5.26 Å². The van der Waals surface area contributed by atoms with Gasteiger partial charge in [-0.25, -0.2) is 0 Å². The van der Waals surface area contributed by atoms with Gasteiger partial charge in [0.25, 0.3) is 0 Å². The van der Waals surface area contributed by atoms with E-state index in [1.807, 2.05) is 0 Å². The van der Waals surface area contributed by atoms with Gasteiger partial charge in [0.1, 0.15) is 6.07 Å². The first-order valence-corrected chi connectivity index (χ1v) is 5.02. The number of nitrogens with zero attached hydrogens (tertiary/aromatic N) is 2. The zero-order chi connectivity index (χ0) is 10.1. The lowest BCUT2D eigenvalue weighted by atomic mass is 10.1. The molecule has 0 radical (unpaired) electrons. The fraction of sp³-hybridized carbons (Fsp3) is 0. The Morgan fingerprint density at radius 2 is 2.14 bits per heavy atom. The molecule has 0 aliphatic heterocycles. The van der Waals surface area contributed by atoms with Gasteiger partial charge in [-0.3, -0.25) is 4.98 Å². The number of hydrogen-bond donors (Lipinski definition) is 0. The first kappa shape index (κ1) is 9.45. The molecule has 1 aromatic carbocycles. The van der Waals surface area contributed by atoms with E-state index in [2.05, 4.69) is 27.0 Å². The molecule has 4 heteroatoms. The van der Waals surface area contributed by atoms with Crippen LogP contribution >= 0.6 is 27.5 Å². The number of rotatable bonds is 0. The smallest absolute Gasteiger partial charge is 0.101 e. The van der Waals surface area contributed by atoms with Crippen LogP contribution < -0.4 is 0 Å². The summed E-state index contributed by atoms with van der Waals surface area (Å²) in [5.74, 6) is 0. The van der Waals surface area contributed by atoms with Gasteiger partial charge in [0, 0.05) is 32.7 Å². The molecule has 2 rings (SSSR count). The van der Waals surface area contributed by atoms with Crippen molar-refractivity contribution in [3.63, 3.8) is 0 Å². The molecule has 0 amide bonds. The Bertz CT molecular complexity index is 546. The van der Waals surface area contributed by atoms with Crippen molar-refractivity contribution in [1.29, 1.82) is 5.26 Å². The van der Waals surface area contributed by atoms with E-state index in [9.17, 15) is 0 Å². The lowest BCUT2D eigenvalue weighted by Gasteiger charge is -2.02. The third-order valence-corrected chi connectivity index (χ3v) is 2.74. The summed E-state index contributed by atoms with van der Waals surface area (Å²) in [6, 6.07) is 5.65. The maximum absolute atomic E-state index is 8.89. The highest BCUT2D eigenvalue weighted by molar-refractivity contribution is 9.10. The largest absolute Gasteiger partial charge is 0.263 e. The van der Waals surface area contributed by atoms with Gasteiger partial charge in [-0.15, -0.1) is 0 Å². The zero-order valence-electron chi connectivity index (χ0n) is 6.96. The first-order valence-electron chi connectivity index (χ1n) is 3.85. The average Bonchev–Trinajstić information content (AvgIpc) is 2.16. The lowest BCUT2D eigenvalue weighted by molar-refractivity contribution is 1.33. The summed E-state index contributed by atoms with van der Waals surface area (Å²) in [7, 11) is 0. The molecule has 0 unspecified atom stereocenters. The SMILES string of the molecule is N#Cc1cncc2cc(Cl)cc(Br)c12. The number of halogens is 2. The van der Waals surface area contributed by atoms with Crippen LogP contribution in [0.15, 0.2) is 29.0 Å². The number of benzene rings is 1. The number of nitriles is 1. The summed E-state index contributed by atoms with van der Waals surface area (Å²) in [5, 5.41) is 11.2. The van der Waals surface area contributed by atoms with Crippen molar-refractivity contribution in [2.45, 2.75) is 0 Å². The van der Waals surface area contributed by atoms with E-state index >= 15 is 0 Å². The monoisotopic (exact) mass is 266 g/mol. The number of pyridine rings is 1. The van der Waals surface area contributed by atoms with Crippen molar-refractivity contribution < 1.29 is 0 Å². The summed E-state index contributed by atoms with van der Waals surface area (Å²) in [6.07, 6.45) is 3.23. The Kier molecular flexibility index (Phi) is 2.40. The molecule has 1 heterocycles. The topological polar surface area (TPSA) is 36.7 Å². The van der Waals surface area contributed by atoms with Crippen LogP contribution in [0.1, 0.15) is 5.56 Å². The van der Waals surface area contributed by atoms with Crippen LogP contribution in [0.5, 0.6) is 0 Å². The molecule has 2 nitrogen and oxygen atoms in total. The predicted octanol–water partition coefficient (Wildman–Crippen LogP) is 3.52. The van der Waals surface area contributed by atoms with Gasteiger partial charge in [0.2, 0.25) is 0 Å². The van der Waals surface area contributed by atoms with Crippen molar-refractivity contribution in [3.05, 3.63) is 39.6 Å². The molecule has 0 atom stereocenters. The molecule has 1 aromatic heterocycles. The Hall–Kier alpha value is -1.11. The molecule has 0 fully saturated rings. The molecule has 0 saturated carbocycles. The minimum absolute atomic E-state index is 0.547. The van der Waals surface area contributed by atoms with Gasteiger partial charge in [-0.05, 0) is 12.1 Å². The highest BCUT2D eigenvalue weighted by Crippen LogP contribution is 2.29. The molecule has 0 aliphatic rings. The third kappa shape index (κ3) is 1.47. The van der Waals surface area contributed by atoms with Crippen LogP contribution in [-0.4, -0.2) is 4.98 Å². The van der Waals surface area contributed by atoms with Gasteiger partial charge < -0.3 is 0 Å². The molecular weight excluding hydrogens is 263 g/mol. The average molecular weight is 268 g/mol. The Morgan fingerprint density at radius 3 is 2.86 bits per heavy atom. The maximum Gasteiger partial charge on any atom is 0.101 e. The summed E-state index contributed by atoms with van der Waals surface area (Å²) in [5.41, 5.74) is 0.547. The van der Waals surface area contributed by atoms with Gasteiger partial charge in [0.15, 0.2) is 0 Å². The van der Waals surface area contributed by atoms with E-state index < -0.39 is 0 Å². The fourth-order valence-corrected chi connectivity index (χ4v) is 2.37. The second-order valence-electron chi connectivity index (χ2n) is 2.78. The van der Waals surface area contributed by atoms with Crippen LogP contribution in [-0.2, 0) is 0 Å². The molecule has 68 valence electrons. The lowest BCUT2D eigenvalue weighted by Crippen LogP contribution is -1.84. The minimum Gasteiger partial charge on any atom is -0.263 e. The van der Waals surface area contributed by atoms with Crippen LogP contribution in [0.3, 0.4) is 0 Å². The third-order valence-electron chi connectivity index (χ3n) is 1.89. The number of fused-ring (bicyclic) bond motifs is 1. The van der Waals surface area contributed by atoms with Crippen LogP contribution in [0, 0.1) is 11.3 Å². The molecule has 0 aliphatic carbocycles. The quantitative estimate of drug-likeness (QED) is 0.732. The number of aromatic nitrogens is 1. The summed E-state index contributed by atoms with van der Waals surface area (Å²) < 4.78 is 0.818. The van der Waals surface area contributed by atoms with Crippen molar-refractivity contribution in [2.24, 2.45) is 0 Å². The fourth-order valence-electron chi connectivity index (χ4n) is 1.32. The normalized spacial score (nSPS) is 10.1. The van der Waals surface area contributed by atoms with E-state index in [1.165, 1.54) is 0 Å².